The monoisotopic (exact) mass is 375 g/mol. The van der Waals surface area contributed by atoms with Gasteiger partial charge < -0.3 is 19.3 Å². The maximum Gasteiger partial charge on any atom is 0.242 e. The molecule has 0 aliphatic carbocycles. The second kappa shape index (κ2) is 8.14. The third kappa shape index (κ3) is 4.33. The molecule has 2 saturated heterocycles. The summed E-state index contributed by atoms with van der Waals surface area (Å²) in [5.74, 6) is 1.44. The second-order valence-electron chi connectivity index (χ2n) is 7.04. The van der Waals surface area contributed by atoms with Crippen LogP contribution in [0.2, 0.25) is 0 Å². The number of carbonyl (C=O) groups is 2. The van der Waals surface area contributed by atoms with E-state index in [4.69, 9.17) is 14.3 Å². The highest BCUT2D eigenvalue weighted by Crippen LogP contribution is 2.32. The van der Waals surface area contributed by atoms with E-state index in [-0.39, 0.29) is 25.2 Å². The number of nitrogens with zero attached hydrogens (tertiary/aromatic N) is 3. The highest BCUT2D eigenvalue weighted by atomic mass is 16.7. The number of hydrogen-bond donors (Lipinski definition) is 0. The number of benzene rings is 1. The summed E-state index contributed by atoms with van der Waals surface area (Å²) in [4.78, 5) is 33.9. The van der Waals surface area contributed by atoms with Gasteiger partial charge in [0.15, 0.2) is 11.5 Å². The minimum atomic E-state index is -0.0264. The highest BCUT2D eigenvalue weighted by Gasteiger charge is 2.27. The zero-order chi connectivity index (χ0) is 18.6. The molecule has 2 fully saturated rings. The summed E-state index contributed by atoms with van der Waals surface area (Å²) in [6.45, 7) is 4.19. The van der Waals surface area contributed by atoms with E-state index in [1.807, 2.05) is 23.3 Å². The van der Waals surface area contributed by atoms with Crippen LogP contribution < -0.4 is 9.47 Å². The first-order valence-corrected chi connectivity index (χ1v) is 9.51. The molecule has 0 saturated carbocycles. The largest absolute Gasteiger partial charge is 0.454 e. The van der Waals surface area contributed by atoms with E-state index in [0.29, 0.717) is 38.3 Å². The Labute approximate surface area is 158 Å². The van der Waals surface area contributed by atoms with Crippen molar-refractivity contribution >= 4 is 11.8 Å². The van der Waals surface area contributed by atoms with Gasteiger partial charge in [0.05, 0.1) is 13.2 Å². The van der Waals surface area contributed by atoms with Gasteiger partial charge in [-0.25, -0.2) is 0 Å². The Kier molecular flexibility index (Phi) is 5.45. The van der Waals surface area contributed by atoms with Crippen LogP contribution >= 0.6 is 0 Å². The molecule has 0 bridgehead atoms. The molecule has 0 N–H and O–H groups in total. The first-order chi connectivity index (χ1) is 13.2. The zero-order valence-electron chi connectivity index (χ0n) is 15.4. The lowest BCUT2D eigenvalue weighted by atomic mass is 10.1. The van der Waals surface area contributed by atoms with Gasteiger partial charge >= 0.3 is 0 Å². The fourth-order valence-corrected chi connectivity index (χ4v) is 3.55. The van der Waals surface area contributed by atoms with Crippen molar-refractivity contribution in [3.63, 3.8) is 0 Å². The lowest BCUT2D eigenvalue weighted by molar-refractivity contribution is -0.183. The average Bonchev–Trinajstić information content (AvgIpc) is 3.16. The number of fused-ring (bicyclic) bond motifs is 1. The summed E-state index contributed by atoms with van der Waals surface area (Å²) in [7, 11) is 0. The average molecular weight is 375 g/mol. The molecule has 0 radical (unpaired) electrons. The summed E-state index contributed by atoms with van der Waals surface area (Å²) in [5.41, 5.74) is 0.995. The van der Waals surface area contributed by atoms with E-state index in [0.717, 1.165) is 37.3 Å². The summed E-state index contributed by atoms with van der Waals surface area (Å²) < 4.78 is 10.7. The van der Waals surface area contributed by atoms with Gasteiger partial charge in [-0.1, -0.05) is 6.07 Å². The van der Waals surface area contributed by atoms with Crippen LogP contribution in [-0.2, 0) is 21.0 Å². The molecule has 2 amide bonds. The van der Waals surface area contributed by atoms with Crippen LogP contribution in [0.25, 0.3) is 0 Å². The molecular formula is C19H25N3O5. The van der Waals surface area contributed by atoms with Gasteiger partial charge in [-0.15, -0.1) is 0 Å². The summed E-state index contributed by atoms with van der Waals surface area (Å²) >= 11 is 0. The Morgan fingerprint density at radius 1 is 1.07 bits per heavy atom. The van der Waals surface area contributed by atoms with Crippen LogP contribution in [0.5, 0.6) is 11.5 Å². The quantitative estimate of drug-likeness (QED) is 0.765. The molecule has 146 valence electrons. The fourth-order valence-electron chi connectivity index (χ4n) is 3.55. The lowest BCUT2D eigenvalue weighted by Gasteiger charge is -2.35. The molecule has 8 nitrogen and oxygen atoms in total. The molecule has 0 atom stereocenters. The van der Waals surface area contributed by atoms with Gasteiger partial charge in [0.25, 0.3) is 0 Å². The van der Waals surface area contributed by atoms with Crippen molar-refractivity contribution in [2.45, 2.75) is 25.8 Å². The Hall–Kier alpha value is -2.32. The number of carbonyl (C=O) groups excluding carboxylic acids is 2. The van der Waals surface area contributed by atoms with Crippen LogP contribution in [0.4, 0.5) is 0 Å². The number of ether oxygens (including phenoxy) is 2. The van der Waals surface area contributed by atoms with Crippen molar-refractivity contribution in [2.75, 3.05) is 46.1 Å². The summed E-state index contributed by atoms with van der Waals surface area (Å²) in [5, 5.41) is 1.86. The number of amides is 2. The topological polar surface area (TPSA) is 71.6 Å². The zero-order valence-corrected chi connectivity index (χ0v) is 15.4. The van der Waals surface area contributed by atoms with E-state index in [2.05, 4.69) is 0 Å². The number of piperazine rings is 1. The van der Waals surface area contributed by atoms with Crippen LogP contribution in [0.3, 0.4) is 0 Å². The molecule has 27 heavy (non-hydrogen) atoms. The number of hydroxylamine groups is 2. The molecule has 4 rings (SSSR count). The van der Waals surface area contributed by atoms with E-state index in [1.54, 1.807) is 9.80 Å². The normalized spacial score (nSPS) is 20.2. The second-order valence-corrected chi connectivity index (χ2v) is 7.04. The molecule has 0 aromatic heterocycles. The number of rotatable bonds is 5. The lowest BCUT2D eigenvalue weighted by Crippen LogP contribution is -2.52. The Morgan fingerprint density at radius 2 is 1.96 bits per heavy atom. The van der Waals surface area contributed by atoms with Gasteiger partial charge in [-0.2, -0.15) is 5.06 Å². The van der Waals surface area contributed by atoms with Crippen LogP contribution in [0.15, 0.2) is 18.2 Å². The van der Waals surface area contributed by atoms with Gasteiger partial charge in [0.1, 0.15) is 0 Å². The molecule has 3 aliphatic rings. The SMILES string of the molecule is O=C(CCN1CCCCO1)N1CCN(Cc2ccc3c(c2)OCO3)C(=O)C1. The maximum atomic E-state index is 12.5. The predicted octanol–water partition coefficient (Wildman–Crippen LogP) is 1.00. The van der Waals surface area contributed by atoms with Crippen LogP contribution in [-0.4, -0.2) is 72.8 Å². The van der Waals surface area contributed by atoms with Crippen molar-refractivity contribution in [2.24, 2.45) is 0 Å². The van der Waals surface area contributed by atoms with Crippen LogP contribution in [0, 0.1) is 0 Å². The number of hydrogen-bond acceptors (Lipinski definition) is 6. The molecule has 3 heterocycles. The molecular weight excluding hydrogens is 350 g/mol. The van der Waals surface area contributed by atoms with Crippen molar-refractivity contribution in [3.05, 3.63) is 23.8 Å². The van der Waals surface area contributed by atoms with E-state index < -0.39 is 0 Å². The van der Waals surface area contributed by atoms with Gasteiger partial charge in [-0.05, 0) is 30.5 Å². The molecule has 0 spiro atoms. The first kappa shape index (κ1) is 18.1. The van der Waals surface area contributed by atoms with Crippen LogP contribution in [0.1, 0.15) is 24.8 Å². The fraction of sp³-hybridized carbons (Fsp3) is 0.579. The minimum Gasteiger partial charge on any atom is -0.454 e. The molecule has 8 heteroatoms. The Morgan fingerprint density at radius 3 is 2.78 bits per heavy atom. The third-order valence-electron chi connectivity index (χ3n) is 5.13. The maximum absolute atomic E-state index is 12.5. The highest BCUT2D eigenvalue weighted by molar-refractivity contribution is 5.86. The predicted molar refractivity (Wildman–Crippen MR) is 95.9 cm³/mol. The van der Waals surface area contributed by atoms with Gasteiger partial charge in [-0.3, -0.25) is 14.4 Å². The minimum absolute atomic E-state index is 0.0141. The Balaban J connectivity index is 1.26. The Bertz CT molecular complexity index is 705. The van der Waals surface area contributed by atoms with Crippen molar-refractivity contribution < 1.29 is 23.9 Å². The standard InChI is InChI=1S/C19H25N3O5/c23-18(5-7-22-6-1-2-10-27-22)21-9-8-20(19(24)13-21)12-15-3-4-16-17(11-15)26-14-25-16/h3-4,11H,1-2,5-10,12-14H2. The van der Waals surface area contributed by atoms with Gasteiger partial charge in [0.2, 0.25) is 18.6 Å². The van der Waals surface area contributed by atoms with Crippen molar-refractivity contribution in [1.29, 1.82) is 0 Å². The van der Waals surface area contributed by atoms with E-state index in [1.165, 1.54) is 0 Å². The molecule has 1 aromatic carbocycles. The van der Waals surface area contributed by atoms with E-state index in [9.17, 15) is 9.59 Å². The third-order valence-corrected chi connectivity index (χ3v) is 5.13. The molecule has 0 unspecified atom stereocenters. The van der Waals surface area contributed by atoms with Gasteiger partial charge in [0, 0.05) is 39.1 Å². The molecule has 1 aromatic rings. The van der Waals surface area contributed by atoms with E-state index >= 15 is 0 Å². The summed E-state index contributed by atoms with van der Waals surface area (Å²) in [6, 6.07) is 5.72. The van der Waals surface area contributed by atoms with Crippen molar-refractivity contribution in [1.82, 2.24) is 14.9 Å². The smallest absolute Gasteiger partial charge is 0.242 e. The first-order valence-electron chi connectivity index (χ1n) is 9.51. The summed E-state index contributed by atoms with van der Waals surface area (Å²) in [6.07, 6.45) is 2.56. The molecule has 3 aliphatic heterocycles. The van der Waals surface area contributed by atoms with Crippen molar-refractivity contribution in [3.8, 4) is 11.5 Å².